The highest BCUT2D eigenvalue weighted by atomic mass is 32.2. The van der Waals surface area contributed by atoms with Gasteiger partial charge < -0.3 is 20.2 Å². The Labute approximate surface area is 240 Å². The van der Waals surface area contributed by atoms with Gasteiger partial charge in [0.1, 0.15) is 5.82 Å². The molecular formula is C29H39F2N5O4S. The molecule has 0 radical (unpaired) electrons. The van der Waals surface area contributed by atoms with Gasteiger partial charge >= 0.3 is 0 Å². The second-order valence-corrected chi connectivity index (χ2v) is 14.6. The molecule has 2 aromatic rings. The number of alkyl halides is 2. The van der Waals surface area contributed by atoms with Gasteiger partial charge in [0, 0.05) is 50.8 Å². The minimum Gasteiger partial charge on any atom is -0.390 e. The highest BCUT2D eigenvalue weighted by Gasteiger charge is 2.45. The molecular weight excluding hydrogens is 552 g/mol. The first-order valence-corrected chi connectivity index (χ1v) is 15.9. The zero-order valence-corrected chi connectivity index (χ0v) is 24.7. The van der Waals surface area contributed by atoms with Gasteiger partial charge in [-0.1, -0.05) is 0 Å². The van der Waals surface area contributed by atoms with Crippen LogP contribution in [0.15, 0.2) is 29.2 Å². The number of anilines is 3. The molecule has 1 amide bonds. The minimum atomic E-state index is -3.70. The summed E-state index contributed by atoms with van der Waals surface area (Å²) in [6, 6.07) is 6.16. The zero-order chi connectivity index (χ0) is 29.6. The fourth-order valence-corrected chi connectivity index (χ4v) is 7.11. The summed E-state index contributed by atoms with van der Waals surface area (Å²) in [4.78, 5) is 26.4. The van der Waals surface area contributed by atoms with Crippen LogP contribution in [0.3, 0.4) is 0 Å². The summed E-state index contributed by atoms with van der Waals surface area (Å²) in [6.07, 6.45) is 3.94. The fraction of sp³-hybridized carbons (Fsp3) is 0.621. The van der Waals surface area contributed by atoms with Gasteiger partial charge in [0.2, 0.25) is 5.95 Å². The van der Waals surface area contributed by atoms with E-state index in [1.807, 2.05) is 0 Å². The molecule has 3 fully saturated rings. The van der Waals surface area contributed by atoms with Gasteiger partial charge in [0.25, 0.3) is 11.8 Å². The molecule has 1 aliphatic carbocycles. The molecule has 5 rings (SSSR count). The number of halogens is 2. The number of carbonyl (C=O) groups excluding carboxylic acids is 1. The van der Waals surface area contributed by atoms with Crippen molar-refractivity contribution >= 4 is 33.2 Å². The predicted octanol–water partition coefficient (Wildman–Crippen LogP) is 4.59. The number of nitrogens with one attached hydrogen (secondary N) is 1. The third-order valence-electron chi connectivity index (χ3n) is 8.54. The highest BCUT2D eigenvalue weighted by molar-refractivity contribution is 7.91. The molecule has 1 spiro atoms. The molecule has 9 nitrogen and oxygen atoms in total. The molecule has 2 N–H and O–H groups in total. The number of sulfone groups is 1. The number of amides is 1. The van der Waals surface area contributed by atoms with Crippen molar-refractivity contribution in [3.05, 3.63) is 35.5 Å². The molecule has 2 saturated heterocycles. The number of hydrogen-bond donors (Lipinski definition) is 2. The molecule has 0 bridgehead atoms. The Morgan fingerprint density at radius 1 is 1.00 bits per heavy atom. The molecule has 1 aromatic carbocycles. The second-order valence-electron chi connectivity index (χ2n) is 12.5. The summed E-state index contributed by atoms with van der Waals surface area (Å²) in [6.45, 7) is 6.59. The lowest BCUT2D eigenvalue weighted by atomic mass is 9.93. The van der Waals surface area contributed by atoms with Crippen LogP contribution in [-0.2, 0) is 9.84 Å². The topological polar surface area (TPSA) is 116 Å². The Kier molecular flexibility index (Phi) is 7.78. The van der Waals surface area contributed by atoms with E-state index in [-0.39, 0.29) is 54.8 Å². The first kappa shape index (κ1) is 29.6. The first-order chi connectivity index (χ1) is 19.1. The Morgan fingerprint density at radius 2 is 1.63 bits per heavy atom. The van der Waals surface area contributed by atoms with Crippen LogP contribution in [0.5, 0.6) is 0 Å². The van der Waals surface area contributed by atoms with Crippen molar-refractivity contribution in [2.24, 2.45) is 5.41 Å². The van der Waals surface area contributed by atoms with Crippen molar-refractivity contribution in [1.29, 1.82) is 0 Å². The molecule has 3 aliphatic rings. The van der Waals surface area contributed by atoms with Crippen LogP contribution in [0.2, 0.25) is 0 Å². The van der Waals surface area contributed by atoms with Gasteiger partial charge in [0.05, 0.1) is 27.5 Å². The maximum absolute atomic E-state index is 13.7. The van der Waals surface area contributed by atoms with E-state index in [1.54, 1.807) is 37.8 Å². The molecule has 41 heavy (non-hydrogen) atoms. The van der Waals surface area contributed by atoms with Crippen molar-refractivity contribution in [3.8, 4) is 0 Å². The quantitative estimate of drug-likeness (QED) is 0.458. The van der Waals surface area contributed by atoms with E-state index in [0.717, 1.165) is 25.9 Å². The fourth-order valence-electron chi connectivity index (χ4n) is 5.54. The lowest BCUT2D eigenvalue weighted by molar-refractivity contribution is -0.0222. The summed E-state index contributed by atoms with van der Waals surface area (Å²) >= 11 is 0. The largest absolute Gasteiger partial charge is 0.390 e. The van der Waals surface area contributed by atoms with Crippen molar-refractivity contribution in [2.45, 2.75) is 82.1 Å². The first-order valence-electron chi connectivity index (χ1n) is 14.3. The molecule has 0 atom stereocenters. The molecule has 1 saturated carbocycles. The second kappa shape index (κ2) is 10.8. The van der Waals surface area contributed by atoms with E-state index >= 15 is 0 Å². The van der Waals surface area contributed by atoms with Crippen LogP contribution in [0.4, 0.5) is 26.2 Å². The van der Waals surface area contributed by atoms with E-state index in [1.165, 1.54) is 25.0 Å². The van der Waals surface area contributed by atoms with Gasteiger partial charge in [-0.05, 0) is 76.5 Å². The van der Waals surface area contributed by atoms with Crippen LogP contribution in [-0.4, -0.2) is 72.9 Å². The van der Waals surface area contributed by atoms with Crippen molar-refractivity contribution in [1.82, 2.24) is 9.97 Å². The Morgan fingerprint density at radius 3 is 2.24 bits per heavy atom. The summed E-state index contributed by atoms with van der Waals surface area (Å²) in [7, 11) is -3.70. The number of piperidine rings is 2. The smallest absolute Gasteiger partial charge is 0.258 e. The third kappa shape index (κ3) is 7.14. The number of nitrogens with zero attached hydrogens (tertiary/aromatic N) is 4. The van der Waals surface area contributed by atoms with Gasteiger partial charge in [0.15, 0.2) is 9.84 Å². The number of benzene rings is 1. The van der Waals surface area contributed by atoms with Crippen LogP contribution < -0.4 is 15.1 Å². The Balaban J connectivity index is 1.41. The number of carbonyl (C=O) groups is 1. The zero-order valence-electron chi connectivity index (χ0n) is 23.9. The Bertz CT molecular complexity index is 1400. The van der Waals surface area contributed by atoms with Gasteiger partial charge in [-0.25, -0.2) is 22.2 Å². The number of rotatable bonds is 8. The molecule has 2 aliphatic heterocycles. The predicted molar refractivity (Wildman–Crippen MR) is 154 cm³/mol. The highest BCUT2D eigenvalue weighted by Crippen LogP contribution is 2.54. The maximum Gasteiger partial charge on any atom is 0.258 e. The average Bonchev–Trinajstić information content (AvgIpc) is 3.65. The van der Waals surface area contributed by atoms with Gasteiger partial charge in [-0.3, -0.25) is 4.79 Å². The minimum absolute atomic E-state index is 0.0865. The molecule has 3 heterocycles. The van der Waals surface area contributed by atoms with E-state index in [2.05, 4.69) is 20.2 Å². The standard InChI is InChI=1S/C29H39F2N5O4S/c1-20-18-24(34-26(32-20)36-15-10-29(30,31)11-16-36)33-25(37)22-5-4-21(41(39,40)17-12-27(2,3)38)19-23(22)35-13-8-28(6-7-28)9-14-35/h4-5,18-19,38H,6-17H2,1-3H3,(H,32,33,34,37). The van der Waals surface area contributed by atoms with E-state index in [4.69, 9.17) is 0 Å². The number of hydrogen-bond acceptors (Lipinski definition) is 8. The van der Waals surface area contributed by atoms with Gasteiger partial charge in [-0.15, -0.1) is 0 Å². The summed E-state index contributed by atoms with van der Waals surface area (Å²) in [5.41, 5.74) is 0.731. The monoisotopic (exact) mass is 591 g/mol. The summed E-state index contributed by atoms with van der Waals surface area (Å²) in [5.74, 6) is -2.82. The number of aryl methyl sites for hydroxylation is 1. The van der Waals surface area contributed by atoms with Crippen LogP contribution in [0.1, 0.15) is 74.8 Å². The lowest BCUT2D eigenvalue weighted by Crippen LogP contribution is -2.40. The SMILES string of the molecule is Cc1cc(NC(=O)c2ccc(S(=O)(=O)CCC(C)(C)O)cc2N2CCC3(CC2)CC3)nc(N2CCC(F)(F)CC2)n1. The van der Waals surface area contributed by atoms with Crippen LogP contribution in [0.25, 0.3) is 0 Å². The molecule has 1 aromatic heterocycles. The van der Waals surface area contributed by atoms with Crippen LogP contribution >= 0.6 is 0 Å². The summed E-state index contributed by atoms with van der Waals surface area (Å²) < 4.78 is 53.7. The van der Waals surface area contributed by atoms with E-state index < -0.39 is 27.3 Å². The normalized spacial score (nSPS) is 20.2. The lowest BCUT2D eigenvalue weighted by Gasteiger charge is -2.35. The molecule has 12 heteroatoms. The van der Waals surface area contributed by atoms with Crippen molar-refractivity contribution < 1.29 is 27.1 Å². The third-order valence-corrected chi connectivity index (χ3v) is 10.3. The summed E-state index contributed by atoms with van der Waals surface area (Å²) in [5, 5.41) is 12.9. The number of aromatic nitrogens is 2. The van der Waals surface area contributed by atoms with E-state index in [9.17, 15) is 27.1 Å². The van der Waals surface area contributed by atoms with Gasteiger partial charge in [-0.2, -0.15) is 4.98 Å². The number of aliphatic hydroxyl groups is 1. The molecule has 0 unspecified atom stereocenters. The maximum atomic E-state index is 13.7. The van der Waals surface area contributed by atoms with Crippen molar-refractivity contribution in [3.63, 3.8) is 0 Å². The van der Waals surface area contributed by atoms with Crippen molar-refractivity contribution in [2.75, 3.05) is 47.0 Å². The van der Waals surface area contributed by atoms with E-state index in [0.29, 0.717) is 22.4 Å². The molecule has 224 valence electrons. The van der Waals surface area contributed by atoms with Crippen LogP contribution in [0, 0.1) is 12.3 Å². The average molecular weight is 592 g/mol. The Hall–Kier alpha value is -2.86.